The predicted octanol–water partition coefficient (Wildman–Crippen LogP) is 2.61. The highest BCUT2D eigenvalue weighted by Gasteiger charge is 2.15. The van der Waals surface area contributed by atoms with Crippen molar-refractivity contribution >= 4 is 16.9 Å². The van der Waals surface area contributed by atoms with Gasteiger partial charge in [-0.05, 0) is 43.4 Å². The topological polar surface area (TPSA) is 55.5 Å². The molecule has 3 rings (SSSR count). The number of aromatic nitrogens is 1. The summed E-state index contributed by atoms with van der Waals surface area (Å²) in [5.41, 5.74) is 2.55. The molecule has 2 heterocycles. The van der Waals surface area contributed by atoms with E-state index < -0.39 is 0 Å². The molecule has 5 nitrogen and oxygen atoms in total. The van der Waals surface area contributed by atoms with Crippen molar-refractivity contribution < 1.29 is 0 Å². The van der Waals surface area contributed by atoms with Crippen LogP contribution in [0.25, 0.3) is 10.9 Å². The van der Waals surface area contributed by atoms with Gasteiger partial charge in [-0.25, -0.2) is 0 Å². The number of hydrogen-bond acceptors (Lipinski definition) is 2. The summed E-state index contributed by atoms with van der Waals surface area (Å²) in [5.74, 6) is 1.73. The quantitative estimate of drug-likeness (QED) is 0.559. The van der Waals surface area contributed by atoms with E-state index in [9.17, 15) is 0 Å². The first kappa shape index (κ1) is 17.8. The molecular weight excluding hydrogens is 310 g/mol. The number of para-hydroxylation sites is 1. The van der Waals surface area contributed by atoms with Crippen molar-refractivity contribution in [1.29, 1.82) is 0 Å². The smallest absolute Gasteiger partial charge is 0.191 e. The molecule has 136 valence electrons. The van der Waals surface area contributed by atoms with Crippen LogP contribution >= 0.6 is 0 Å². The maximum absolute atomic E-state index is 4.33. The third-order valence-corrected chi connectivity index (χ3v) is 5.05. The van der Waals surface area contributed by atoms with E-state index in [1.807, 2.05) is 7.05 Å². The van der Waals surface area contributed by atoms with Gasteiger partial charge in [-0.1, -0.05) is 25.1 Å². The summed E-state index contributed by atoms with van der Waals surface area (Å²) in [6.07, 6.45) is 5.80. The Labute approximate surface area is 150 Å². The van der Waals surface area contributed by atoms with Gasteiger partial charge in [-0.2, -0.15) is 0 Å². The zero-order valence-corrected chi connectivity index (χ0v) is 15.5. The average Bonchev–Trinajstić information content (AvgIpc) is 3.04. The highest BCUT2D eigenvalue weighted by molar-refractivity contribution is 5.83. The largest absolute Gasteiger partial charge is 0.361 e. The molecule has 0 saturated carbocycles. The van der Waals surface area contributed by atoms with Crippen LogP contribution in [0, 0.1) is 5.92 Å². The highest BCUT2D eigenvalue weighted by Crippen LogP contribution is 2.17. The molecule has 5 heteroatoms. The zero-order valence-electron chi connectivity index (χ0n) is 15.5. The van der Waals surface area contributed by atoms with Gasteiger partial charge in [-0.15, -0.1) is 0 Å². The molecule has 3 N–H and O–H groups in total. The summed E-state index contributed by atoms with van der Waals surface area (Å²) in [6.45, 7) is 7.73. The van der Waals surface area contributed by atoms with Crippen LogP contribution in [0.1, 0.15) is 25.3 Å². The van der Waals surface area contributed by atoms with Crippen molar-refractivity contribution in [3.8, 4) is 0 Å². The molecule has 1 unspecified atom stereocenters. The van der Waals surface area contributed by atoms with Crippen molar-refractivity contribution in [1.82, 2.24) is 20.5 Å². The second-order valence-corrected chi connectivity index (χ2v) is 7.08. The van der Waals surface area contributed by atoms with E-state index >= 15 is 0 Å². The number of benzene rings is 1. The van der Waals surface area contributed by atoms with Crippen molar-refractivity contribution in [3.05, 3.63) is 36.0 Å². The molecule has 0 bridgehead atoms. The number of likely N-dealkylation sites (tertiary alicyclic amines) is 1. The Hall–Kier alpha value is -2.01. The van der Waals surface area contributed by atoms with Gasteiger partial charge >= 0.3 is 0 Å². The molecule has 0 amide bonds. The van der Waals surface area contributed by atoms with Gasteiger partial charge in [0.05, 0.1) is 0 Å². The van der Waals surface area contributed by atoms with E-state index in [0.717, 1.165) is 37.9 Å². The van der Waals surface area contributed by atoms with Gasteiger partial charge in [-0.3, -0.25) is 4.99 Å². The number of aromatic amines is 1. The Kier molecular flexibility index (Phi) is 6.34. The second kappa shape index (κ2) is 8.90. The molecule has 1 aliphatic rings. The molecule has 1 aliphatic heterocycles. The number of hydrogen-bond donors (Lipinski definition) is 3. The van der Waals surface area contributed by atoms with E-state index in [1.165, 1.54) is 42.4 Å². The molecule has 1 aromatic carbocycles. The Morgan fingerprint density at radius 2 is 2.12 bits per heavy atom. The van der Waals surface area contributed by atoms with Crippen LogP contribution in [0.4, 0.5) is 0 Å². The molecule has 0 radical (unpaired) electrons. The number of fused-ring (bicyclic) bond motifs is 1. The minimum Gasteiger partial charge on any atom is -0.361 e. The number of piperidine rings is 1. The third kappa shape index (κ3) is 4.98. The number of nitrogens with one attached hydrogen (secondary N) is 3. The van der Waals surface area contributed by atoms with E-state index in [2.05, 4.69) is 62.9 Å². The first-order valence-electron chi connectivity index (χ1n) is 9.48. The SMILES string of the molecule is CN=C(NCCc1c[nH]c2ccccc12)NCCN1CCCC(C)C1. The first-order chi connectivity index (χ1) is 12.3. The van der Waals surface area contributed by atoms with Crippen LogP contribution in [-0.4, -0.2) is 55.6 Å². The van der Waals surface area contributed by atoms with Crippen LogP contribution in [-0.2, 0) is 6.42 Å². The normalized spacial score (nSPS) is 19.3. The lowest BCUT2D eigenvalue weighted by Crippen LogP contribution is -2.44. The maximum atomic E-state index is 4.33. The summed E-state index contributed by atoms with van der Waals surface area (Å²) < 4.78 is 0. The number of aliphatic imine (C=N–C) groups is 1. The van der Waals surface area contributed by atoms with Gasteiger partial charge in [0.2, 0.25) is 0 Å². The Morgan fingerprint density at radius 3 is 2.96 bits per heavy atom. The van der Waals surface area contributed by atoms with Gasteiger partial charge in [0.25, 0.3) is 0 Å². The van der Waals surface area contributed by atoms with E-state index in [4.69, 9.17) is 0 Å². The first-order valence-corrected chi connectivity index (χ1v) is 9.48. The fourth-order valence-electron chi connectivity index (χ4n) is 3.70. The Balaban J connectivity index is 1.39. The lowest BCUT2D eigenvalue weighted by Gasteiger charge is -2.30. The van der Waals surface area contributed by atoms with Crippen LogP contribution < -0.4 is 10.6 Å². The maximum Gasteiger partial charge on any atom is 0.191 e. The third-order valence-electron chi connectivity index (χ3n) is 5.05. The molecule has 2 aromatic rings. The summed E-state index contributed by atoms with van der Waals surface area (Å²) in [5, 5.41) is 8.18. The van der Waals surface area contributed by atoms with Crippen molar-refractivity contribution in [2.45, 2.75) is 26.2 Å². The van der Waals surface area contributed by atoms with Crippen LogP contribution in [0.3, 0.4) is 0 Å². The zero-order chi connectivity index (χ0) is 17.5. The molecule has 1 fully saturated rings. The predicted molar refractivity (Wildman–Crippen MR) is 106 cm³/mol. The lowest BCUT2D eigenvalue weighted by atomic mass is 10.0. The number of guanidine groups is 1. The van der Waals surface area contributed by atoms with Gasteiger partial charge in [0.1, 0.15) is 0 Å². The Morgan fingerprint density at radius 1 is 1.28 bits per heavy atom. The van der Waals surface area contributed by atoms with Crippen molar-refractivity contribution in [3.63, 3.8) is 0 Å². The second-order valence-electron chi connectivity index (χ2n) is 7.08. The van der Waals surface area contributed by atoms with Crippen LogP contribution in [0.15, 0.2) is 35.5 Å². The van der Waals surface area contributed by atoms with Crippen molar-refractivity contribution in [2.24, 2.45) is 10.9 Å². The van der Waals surface area contributed by atoms with E-state index in [1.54, 1.807) is 0 Å². The Bertz CT molecular complexity index is 690. The fraction of sp³-hybridized carbons (Fsp3) is 0.550. The number of H-pyrrole nitrogens is 1. The minimum atomic E-state index is 0.836. The van der Waals surface area contributed by atoms with E-state index in [0.29, 0.717) is 0 Å². The number of nitrogens with zero attached hydrogens (tertiary/aromatic N) is 2. The lowest BCUT2D eigenvalue weighted by molar-refractivity contribution is 0.187. The molecule has 1 aromatic heterocycles. The average molecular weight is 342 g/mol. The monoisotopic (exact) mass is 341 g/mol. The molecule has 0 spiro atoms. The molecule has 1 atom stereocenters. The van der Waals surface area contributed by atoms with Crippen molar-refractivity contribution in [2.75, 3.05) is 39.8 Å². The van der Waals surface area contributed by atoms with Gasteiger partial charge < -0.3 is 20.5 Å². The summed E-state index contributed by atoms with van der Waals surface area (Å²) >= 11 is 0. The summed E-state index contributed by atoms with van der Waals surface area (Å²) in [6, 6.07) is 8.45. The minimum absolute atomic E-state index is 0.836. The number of rotatable bonds is 6. The van der Waals surface area contributed by atoms with E-state index in [-0.39, 0.29) is 0 Å². The highest BCUT2D eigenvalue weighted by atomic mass is 15.2. The molecular formula is C20H31N5. The van der Waals surface area contributed by atoms with Crippen LogP contribution in [0.2, 0.25) is 0 Å². The molecule has 25 heavy (non-hydrogen) atoms. The fourth-order valence-corrected chi connectivity index (χ4v) is 3.70. The van der Waals surface area contributed by atoms with Gasteiger partial charge in [0, 0.05) is 50.3 Å². The summed E-state index contributed by atoms with van der Waals surface area (Å²) in [7, 11) is 1.84. The summed E-state index contributed by atoms with van der Waals surface area (Å²) in [4.78, 5) is 10.2. The van der Waals surface area contributed by atoms with Crippen LogP contribution in [0.5, 0.6) is 0 Å². The standard InChI is InChI=1S/C20H31N5/c1-16-6-5-12-25(15-16)13-11-23-20(21-2)22-10-9-17-14-24-19-8-4-3-7-18(17)19/h3-4,7-8,14,16,24H,5-6,9-13,15H2,1-2H3,(H2,21,22,23). The molecule has 1 saturated heterocycles. The molecule has 0 aliphatic carbocycles. The van der Waals surface area contributed by atoms with Gasteiger partial charge in [0.15, 0.2) is 5.96 Å².